The standard InChI is InChI=1S/C19H17F3N6O3/c1-10-4-13(12-5-15(30-2)25-26-17(12)31-3)24-14-8-28(18(29)16(10)14)11-6-23-27(7-11)9-19(20,21)22/h4-8,29H,9H2,1-3H3. The van der Waals surface area contributed by atoms with Crippen molar-refractivity contribution in [1.29, 1.82) is 0 Å². The maximum Gasteiger partial charge on any atom is 0.408 e. The van der Waals surface area contributed by atoms with Gasteiger partial charge in [0.05, 0.1) is 48.3 Å². The Bertz CT molecular complexity index is 1260. The summed E-state index contributed by atoms with van der Waals surface area (Å²) in [5.41, 5.74) is 2.42. The molecule has 4 rings (SSSR count). The Labute approximate surface area is 173 Å². The fourth-order valence-corrected chi connectivity index (χ4v) is 3.26. The topological polar surface area (TPSA) is 100 Å². The molecule has 9 nitrogen and oxygen atoms in total. The van der Waals surface area contributed by atoms with Gasteiger partial charge in [-0.15, -0.1) is 10.2 Å². The number of halogens is 3. The maximum absolute atomic E-state index is 12.6. The Balaban J connectivity index is 1.82. The van der Waals surface area contributed by atoms with Crippen LogP contribution >= 0.6 is 0 Å². The fraction of sp³-hybridized carbons (Fsp3) is 0.263. The molecule has 0 spiro atoms. The highest BCUT2D eigenvalue weighted by Gasteiger charge is 2.28. The monoisotopic (exact) mass is 434 g/mol. The van der Waals surface area contributed by atoms with Crippen molar-refractivity contribution in [1.82, 2.24) is 29.5 Å². The highest BCUT2D eigenvalue weighted by Crippen LogP contribution is 2.36. The number of fused-ring (bicyclic) bond motifs is 1. The smallest absolute Gasteiger partial charge is 0.408 e. The highest BCUT2D eigenvalue weighted by molar-refractivity contribution is 5.91. The lowest BCUT2D eigenvalue weighted by Crippen LogP contribution is -2.17. The number of methoxy groups -OCH3 is 2. The minimum Gasteiger partial charge on any atom is -0.494 e. The molecule has 0 aliphatic rings. The first-order chi connectivity index (χ1) is 14.7. The van der Waals surface area contributed by atoms with E-state index in [4.69, 9.17) is 9.47 Å². The zero-order valence-corrected chi connectivity index (χ0v) is 16.7. The van der Waals surface area contributed by atoms with Crippen LogP contribution in [-0.4, -0.2) is 55.0 Å². The summed E-state index contributed by atoms with van der Waals surface area (Å²) in [7, 11) is 2.91. The van der Waals surface area contributed by atoms with Gasteiger partial charge >= 0.3 is 6.18 Å². The van der Waals surface area contributed by atoms with Crippen LogP contribution in [0.1, 0.15) is 5.56 Å². The van der Waals surface area contributed by atoms with E-state index >= 15 is 0 Å². The zero-order valence-electron chi connectivity index (χ0n) is 16.7. The molecule has 0 aromatic carbocycles. The predicted octanol–water partition coefficient (Wildman–Crippen LogP) is 3.27. The van der Waals surface area contributed by atoms with Crippen LogP contribution in [0.2, 0.25) is 0 Å². The van der Waals surface area contributed by atoms with Gasteiger partial charge in [-0.2, -0.15) is 18.3 Å². The van der Waals surface area contributed by atoms with Crippen LogP contribution in [0.4, 0.5) is 13.2 Å². The average molecular weight is 434 g/mol. The summed E-state index contributed by atoms with van der Waals surface area (Å²) in [6, 6.07) is 3.36. The van der Waals surface area contributed by atoms with Crippen molar-refractivity contribution in [3.8, 4) is 34.6 Å². The second-order valence-corrected chi connectivity index (χ2v) is 6.73. The zero-order chi connectivity index (χ0) is 22.3. The van der Waals surface area contributed by atoms with Gasteiger partial charge in [-0.25, -0.2) is 4.98 Å². The molecule has 0 amide bonds. The Hall–Kier alpha value is -3.83. The van der Waals surface area contributed by atoms with Crippen molar-refractivity contribution in [2.75, 3.05) is 14.2 Å². The molecule has 0 aliphatic carbocycles. The summed E-state index contributed by atoms with van der Waals surface area (Å²) in [5.74, 6) is 0.354. The molecule has 0 unspecified atom stereocenters. The van der Waals surface area contributed by atoms with E-state index < -0.39 is 12.7 Å². The Morgan fingerprint density at radius 3 is 2.55 bits per heavy atom. The van der Waals surface area contributed by atoms with Crippen molar-refractivity contribution in [2.24, 2.45) is 0 Å². The molecule has 0 radical (unpaired) electrons. The van der Waals surface area contributed by atoms with E-state index in [0.717, 1.165) is 4.68 Å². The summed E-state index contributed by atoms with van der Waals surface area (Å²) in [4.78, 5) is 4.57. The number of nitrogens with zero attached hydrogens (tertiary/aromatic N) is 6. The van der Waals surface area contributed by atoms with Gasteiger partial charge in [0.1, 0.15) is 6.54 Å². The van der Waals surface area contributed by atoms with Crippen LogP contribution < -0.4 is 9.47 Å². The lowest BCUT2D eigenvalue weighted by Gasteiger charge is -2.09. The third-order valence-corrected chi connectivity index (χ3v) is 4.60. The molecule has 0 atom stereocenters. The number of pyridine rings is 1. The molecular weight excluding hydrogens is 417 g/mol. The van der Waals surface area contributed by atoms with Gasteiger partial charge in [0.25, 0.3) is 0 Å². The molecule has 12 heteroatoms. The quantitative estimate of drug-likeness (QED) is 0.515. The summed E-state index contributed by atoms with van der Waals surface area (Å²) >= 11 is 0. The van der Waals surface area contributed by atoms with E-state index in [1.54, 1.807) is 19.1 Å². The Kier molecular flexibility index (Phi) is 4.91. The normalized spacial score (nSPS) is 11.8. The molecular formula is C19H17F3N6O3. The minimum atomic E-state index is -4.40. The summed E-state index contributed by atoms with van der Waals surface area (Å²) in [6.07, 6.45) is -0.447. The molecule has 4 aromatic heterocycles. The van der Waals surface area contributed by atoms with Gasteiger partial charge in [-0.05, 0) is 18.6 Å². The summed E-state index contributed by atoms with van der Waals surface area (Å²) in [6.45, 7) is 0.551. The summed E-state index contributed by atoms with van der Waals surface area (Å²) < 4.78 is 50.3. The average Bonchev–Trinajstić information content (AvgIpc) is 3.30. The number of aryl methyl sites for hydroxylation is 1. The number of aromatic hydroxyl groups is 1. The fourth-order valence-electron chi connectivity index (χ4n) is 3.26. The molecule has 0 bridgehead atoms. The second-order valence-electron chi connectivity index (χ2n) is 6.73. The van der Waals surface area contributed by atoms with Crippen LogP contribution in [0.5, 0.6) is 17.6 Å². The maximum atomic E-state index is 12.6. The van der Waals surface area contributed by atoms with E-state index in [9.17, 15) is 18.3 Å². The number of alkyl halides is 3. The molecule has 0 aliphatic heterocycles. The van der Waals surface area contributed by atoms with Crippen molar-refractivity contribution in [3.05, 3.63) is 36.3 Å². The van der Waals surface area contributed by atoms with Gasteiger partial charge in [0, 0.05) is 18.5 Å². The number of ether oxygens (including phenoxy) is 2. The van der Waals surface area contributed by atoms with E-state index in [-0.39, 0.29) is 23.3 Å². The molecule has 1 N–H and O–H groups in total. The van der Waals surface area contributed by atoms with Crippen LogP contribution in [0, 0.1) is 6.92 Å². The predicted molar refractivity (Wildman–Crippen MR) is 103 cm³/mol. The van der Waals surface area contributed by atoms with Gasteiger partial charge < -0.3 is 14.6 Å². The minimum absolute atomic E-state index is 0.157. The first-order valence-corrected chi connectivity index (χ1v) is 8.97. The van der Waals surface area contributed by atoms with E-state index in [1.807, 2.05) is 0 Å². The first kappa shape index (κ1) is 20.4. The SMILES string of the molecule is COc1cc(-c2cc(C)c3c(O)n(-c4cnn(CC(F)(F)F)c4)cc3n2)c(OC)nn1. The van der Waals surface area contributed by atoms with Crippen LogP contribution in [0.15, 0.2) is 30.7 Å². The van der Waals surface area contributed by atoms with Gasteiger partial charge in [-0.1, -0.05) is 0 Å². The third kappa shape index (κ3) is 3.83. The molecule has 0 saturated heterocycles. The lowest BCUT2D eigenvalue weighted by molar-refractivity contribution is -0.142. The van der Waals surface area contributed by atoms with Crippen LogP contribution in [-0.2, 0) is 6.54 Å². The van der Waals surface area contributed by atoms with Crippen molar-refractivity contribution in [2.45, 2.75) is 19.6 Å². The van der Waals surface area contributed by atoms with E-state index in [1.165, 1.54) is 37.4 Å². The molecule has 4 heterocycles. The molecule has 31 heavy (non-hydrogen) atoms. The highest BCUT2D eigenvalue weighted by atomic mass is 19.4. The number of aromatic nitrogens is 6. The summed E-state index contributed by atoms with van der Waals surface area (Å²) in [5, 5.41) is 22.7. The Morgan fingerprint density at radius 1 is 1.10 bits per heavy atom. The van der Waals surface area contributed by atoms with Gasteiger partial charge in [0.15, 0.2) is 0 Å². The molecule has 4 aromatic rings. The van der Waals surface area contributed by atoms with Crippen LogP contribution in [0.3, 0.4) is 0 Å². The van der Waals surface area contributed by atoms with Gasteiger partial charge in [0.2, 0.25) is 17.6 Å². The van der Waals surface area contributed by atoms with Gasteiger partial charge in [-0.3, -0.25) is 9.25 Å². The van der Waals surface area contributed by atoms with Crippen molar-refractivity contribution < 1.29 is 27.8 Å². The van der Waals surface area contributed by atoms with Crippen molar-refractivity contribution in [3.63, 3.8) is 0 Å². The second kappa shape index (κ2) is 7.45. The molecule has 0 saturated carbocycles. The van der Waals surface area contributed by atoms with E-state index in [0.29, 0.717) is 27.7 Å². The number of hydrogen-bond acceptors (Lipinski definition) is 7. The number of hydrogen-bond donors (Lipinski definition) is 1. The number of rotatable bonds is 5. The first-order valence-electron chi connectivity index (χ1n) is 8.97. The van der Waals surface area contributed by atoms with Crippen molar-refractivity contribution >= 4 is 10.9 Å². The molecule has 0 fully saturated rings. The third-order valence-electron chi connectivity index (χ3n) is 4.60. The molecule has 162 valence electrons. The largest absolute Gasteiger partial charge is 0.494 e. The van der Waals surface area contributed by atoms with Crippen LogP contribution in [0.25, 0.3) is 27.8 Å². The Morgan fingerprint density at radius 2 is 1.87 bits per heavy atom. The lowest BCUT2D eigenvalue weighted by atomic mass is 10.1. The van der Waals surface area contributed by atoms with E-state index in [2.05, 4.69) is 20.3 Å².